The van der Waals surface area contributed by atoms with Gasteiger partial charge in [0, 0.05) is 25.4 Å². The Morgan fingerprint density at radius 1 is 1.25 bits per heavy atom. The SMILES string of the molecule is CC(C)(CNC1CCOC2(CCCCC2)C1)S(C)(=O)=O. The van der Waals surface area contributed by atoms with Gasteiger partial charge >= 0.3 is 0 Å². The summed E-state index contributed by atoms with van der Waals surface area (Å²) >= 11 is 0. The van der Waals surface area contributed by atoms with E-state index in [1.807, 2.05) is 0 Å². The van der Waals surface area contributed by atoms with Crippen LogP contribution in [0.25, 0.3) is 0 Å². The van der Waals surface area contributed by atoms with Crippen LogP contribution in [0.5, 0.6) is 0 Å². The Hall–Kier alpha value is -0.130. The van der Waals surface area contributed by atoms with Crippen LogP contribution in [-0.2, 0) is 14.6 Å². The molecular weight excluding hydrogens is 274 g/mol. The number of nitrogens with one attached hydrogen (secondary N) is 1. The summed E-state index contributed by atoms with van der Waals surface area (Å²) in [6.45, 7) is 4.92. The Morgan fingerprint density at radius 2 is 1.90 bits per heavy atom. The Morgan fingerprint density at radius 3 is 2.50 bits per heavy atom. The molecule has 0 aromatic heterocycles. The molecule has 1 saturated heterocycles. The minimum Gasteiger partial charge on any atom is -0.375 e. The molecule has 5 heteroatoms. The fraction of sp³-hybridized carbons (Fsp3) is 1.00. The van der Waals surface area contributed by atoms with Gasteiger partial charge in [-0.1, -0.05) is 19.3 Å². The van der Waals surface area contributed by atoms with Crippen LogP contribution in [0.2, 0.25) is 0 Å². The minimum atomic E-state index is -3.03. The molecule has 2 fully saturated rings. The normalized spacial score (nSPS) is 27.6. The van der Waals surface area contributed by atoms with Gasteiger partial charge in [0.1, 0.15) is 0 Å². The first kappa shape index (κ1) is 16.2. The molecule has 20 heavy (non-hydrogen) atoms. The smallest absolute Gasteiger partial charge is 0.153 e. The lowest BCUT2D eigenvalue weighted by molar-refractivity contribution is -0.109. The predicted octanol–water partition coefficient (Wildman–Crippen LogP) is 2.28. The Labute approximate surface area is 123 Å². The summed E-state index contributed by atoms with van der Waals surface area (Å²) in [6.07, 6.45) is 9.53. The van der Waals surface area contributed by atoms with E-state index in [2.05, 4.69) is 5.32 Å². The molecule has 0 aromatic carbocycles. The van der Waals surface area contributed by atoms with Crippen molar-refractivity contribution in [3.8, 4) is 0 Å². The second kappa shape index (κ2) is 5.93. The first-order chi connectivity index (χ1) is 9.24. The van der Waals surface area contributed by atoms with E-state index < -0.39 is 14.6 Å². The minimum absolute atomic E-state index is 0.0728. The van der Waals surface area contributed by atoms with Crippen LogP contribution in [0.1, 0.15) is 58.8 Å². The lowest BCUT2D eigenvalue weighted by atomic mass is 9.78. The first-order valence-electron chi connectivity index (χ1n) is 7.81. The molecule has 1 unspecified atom stereocenters. The van der Waals surface area contributed by atoms with Gasteiger partial charge in [-0.2, -0.15) is 0 Å². The first-order valence-corrected chi connectivity index (χ1v) is 9.70. The molecule has 2 aliphatic rings. The number of rotatable bonds is 4. The lowest BCUT2D eigenvalue weighted by Crippen LogP contribution is -2.51. The lowest BCUT2D eigenvalue weighted by Gasteiger charge is -2.44. The fourth-order valence-corrected chi connectivity index (χ4v) is 3.61. The standard InChI is InChI=1S/C15H29NO3S/c1-14(2,20(3,17)18)12-16-13-7-10-19-15(11-13)8-5-4-6-9-15/h13,16H,4-12H2,1-3H3. The molecule has 1 N–H and O–H groups in total. The van der Waals surface area contributed by atoms with Crippen molar-refractivity contribution >= 4 is 9.84 Å². The molecule has 118 valence electrons. The van der Waals surface area contributed by atoms with E-state index >= 15 is 0 Å². The topological polar surface area (TPSA) is 55.4 Å². The zero-order valence-electron chi connectivity index (χ0n) is 13.1. The molecule has 1 aliphatic carbocycles. The highest BCUT2D eigenvalue weighted by molar-refractivity contribution is 7.92. The van der Waals surface area contributed by atoms with E-state index in [0.29, 0.717) is 12.6 Å². The van der Waals surface area contributed by atoms with E-state index in [0.717, 1.165) is 19.4 Å². The van der Waals surface area contributed by atoms with Gasteiger partial charge < -0.3 is 10.1 Å². The zero-order chi connectivity index (χ0) is 14.9. The quantitative estimate of drug-likeness (QED) is 0.865. The van der Waals surface area contributed by atoms with Gasteiger partial charge in [0.05, 0.1) is 10.3 Å². The summed E-state index contributed by atoms with van der Waals surface area (Å²) in [5.41, 5.74) is 0.0728. The highest BCUT2D eigenvalue weighted by Gasteiger charge is 2.39. The van der Waals surface area contributed by atoms with Crippen LogP contribution < -0.4 is 5.32 Å². The van der Waals surface area contributed by atoms with Crippen molar-refractivity contribution in [2.45, 2.75) is 75.2 Å². The largest absolute Gasteiger partial charge is 0.375 e. The summed E-state index contributed by atoms with van der Waals surface area (Å²) in [7, 11) is -3.03. The van der Waals surface area contributed by atoms with Crippen molar-refractivity contribution in [3.63, 3.8) is 0 Å². The number of sulfone groups is 1. The number of hydrogen-bond acceptors (Lipinski definition) is 4. The summed E-state index contributed by atoms with van der Waals surface area (Å²) in [4.78, 5) is 0. The number of hydrogen-bond donors (Lipinski definition) is 1. The fourth-order valence-electron chi connectivity index (χ4n) is 3.27. The van der Waals surface area contributed by atoms with Crippen molar-refractivity contribution < 1.29 is 13.2 Å². The van der Waals surface area contributed by atoms with Crippen LogP contribution in [0.4, 0.5) is 0 Å². The second-order valence-corrected chi connectivity index (χ2v) is 9.84. The molecule has 1 saturated carbocycles. The molecule has 0 amide bonds. The Balaban J connectivity index is 1.90. The third-order valence-corrected chi connectivity index (χ3v) is 7.23. The maximum atomic E-state index is 11.8. The third kappa shape index (κ3) is 3.74. The molecule has 1 heterocycles. The van der Waals surface area contributed by atoms with Crippen LogP contribution in [0.3, 0.4) is 0 Å². The Bertz CT molecular complexity index is 419. The highest BCUT2D eigenvalue weighted by Crippen LogP contribution is 2.38. The van der Waals surface area contributed by atoms with Gasteiger partial charge in [-0.3, -0.25) is 0 Å². The monoisotopic (exact) mass is 303 g/mol. The predicted molar refractivity (Wildman–Crippen MR) is 81.7 cm³/mol. The van der Waals surface area contributed by atoms with E-state index in [-0.39, 0.29) is 5.60 Å². The maximum Gasteiger partial charge on any atom is 0.153 e. The maximum absolute atomic E-state index is 11.8. The molecule has 1 aliphatic heterocycles. The van der Waals surface area contributed by atoms with E-state index in [9.17, 15) is 8.42 Å². The molecule has 0 radical (unpaired) electrons. The van der Waals surface area contributed by atoms with E-state index in [4.69, 9.17) is 4.74 Å². The van der Waals surface area contributed by atoms with Crippen molar-refractivity contribution in [3.05, 3.63) is 0 Å². The summed E-state index contributed by atoms with van der Waals surface area (Å²) < 4.78 is 28.9. The molecule has 1 atom stereocenters. The molecule has 0 aromatic rings. The molecular formula is C15H29NO3S. The summed E-state index contributed by atoms with van der Waals surface area (Å²) in [5, 5.41) is 3.48. The van der Waals surface area contributed by atoms with Crippen molar-refractivity contribution in [1.29, 1.82) is 0 Å². The highest BCUT2D eigenvalue weighted by atomic mass is 32.2. The average molecular weight is 303 g/mol. The summed E-state index contributed by atoms with van der Waals surface area (Å²) in [5.74, 6) is 0. The zero-order valence-corrected chi connectivity index (χ0v) is 13.9. The van der Waals surface area contributed by atoms with E-state index in [1.54, 1.807) is 13.8 Å². The van der Waals surface area contributed by atoms with Crippen LogP contribution in [0.15, 0.2) is 0 Å². The van der Waals surface area contributed by atoms with E-state index in [1.165, 1.54) is 38.4 Å². The van der Waals surface area contributed by atoms with Crippen LogP contribution >= 0.6 is 0 Å². The Kier molecular flexibility index (Phi) is 4.82. The van der Waals surface area contributed by atoms with Crippen molar-refractivity contribution in [1.82, 2.24) is 5.32 Å². The summed E-state index contributed by atoms with van der Waals surface area (Å²) in [6, 6.07) is 0.392. The number of ether oxygens (including phenoxy) is 1. The van der Waals surface area contributed by atoms with Crippen molar-refractivity contribution in [2.75, 3.05) is 19.4 Å². The average Bonchev–Trinajstić information content (AvgIpc) is 2.36. The van der Waals surface area contributed by atoms with Gasteiger partial charge in [-0.25, -0.2) is 8.42 Å². The molecule has 2 rings (SSSR count). The molecule has 0 bridgehead atoms. The van der Waals surface area contributed by atoms with Crippen LogP contribution in [0, 0.1) is 0 Å². The van der Waals surface area contributed by atoms with Gasteiger partial charge in [0.2, 0.25) is 0 Å². The van der Waals surface area contributed by atoms with Crippen molar-refractivity contribution in [2.24, 2.45) is 0 Å². The van der Waals surface area contributed by atoms with Crippen LogP contribution in [-0.4, -0.2) is 44.2 Å². The third-order valence-electron chi connectivity index (χ3n) is 5.08. The van der Waals surface area contributed by atoms with Gasteiger partial charge in [0.15, 0.2) is 9.84 Å². The molecule has 1 spiro atoms. The molecule has 4 nitrogen and oxygen atoms in total. The van der Waals surface area contributed by atoms with Gasteiger partial charge in [0.25, 0.3) is 0 Å². The second-order valence-electron chi connectivity index (χ2n) is 7.19. The van der Waals surface area contributed by atoms with Gasteiger partial charge in [-0.15, -0.1) is 0 Å². The van der Waals surface area contributed by atoms with Gasteiger partial charge in [-0.05, 0) is 39.5 Å².